The van der Waals surface area contributed by atoms with E-state index >= 15 is 0 Å². The summed E-state index contributed by atoms with van der Waals surface area (Å²) in [6.07, 6.45) is 4.01. The van der Waals surface area contributed by atoms with E-state index < -0.39 is 12.1 Å². The van der Waals surface area contributed by atoms with Crippen LogP contribution in [0.2, 0.25) is 0 Å². The third kappa shape index (κ3) is 4.13. The van der Waals surface area contributed by atoms with E-state index in [0.717, 1.165) is 31.2 Å². The van der Waals surface area contributed by atoms with Gasteiger partial charge in [0.25, 0.3) is 0 Å². The van der Waals surface area contributed by atoms with E-state index in [1.54, 1.807) is 0 Å². The first-order valence-corrected chi connectivity index (χ1v) is 7.37. The Hall–Kier alpha value is -2.21. The average Bonchev–Trinajstić information content (AvgIpc) is 2.76. The van der Waals surface area contributed by atoms with Crippen LogP contribution in [0.25, 0.3) is 0 Å². The minimum absolute atomic E-state index is 0.285. The van der Waals surface area contributed by atoms with Crippen molar-refractivity contribution in [2.24, 2.45) is 0 Å². The highest BCUT2D eigenvalue weighted by Gasteiger charge is 2.32. The lowest BCUT2D eigenvalue weighted by molar-refractivity contribution is -0.140. The van der Waals surface area contributed by atoms with Crippen molar-refractivity contribution in [3.05, 3.63) is 47.2 Å². The number of aliphatic hydroxyl groups excluding tert-OH is 1. The van der Waals surface area contributed by atoms with Crippen LogP contribution < -0.4 is 0 Å². The molecule has 0 fully saturated rings. The fourth-order valence-corrected chi connectivity index (χ4v) is 2.23. The number of hydrogen-bond acceptors (Lipinski definition) is 3. The first-order chi connectivity index (χ1) is 10.2. The van der Waals surface area contributed by atoms with Gasteiger partial charge < -0.3 is 9.84 Å². The number of aliphatic hydroxyl groups is 1. The molecule has 1 aromatic rings. The van der Waals surface area contributed by atoms with Gasteiger partial charge in [0.2, 0.25) is 5.76 Å². The Kier molecular flexibility index (Phi) is 5.45. The zero-order chi connectivity index (χ0) is 15.1. The Morgan fingerprint density at radius 3 is 2.71 bits per heavy atom. The molecule has 0 amide bonds. The zero-order valence-corrected chi connectivity index (χ0v) is 12.3. The second-order valence-corrected chi connectivity index (χ2v) is 5.10. The summed E-state index contributed by atoms with van der Waals surface area (Å²) >= 11 is 0. The van der Waals surface area contributed by atoms with Crippen LogP contribution in [-0.2, 0) is 16.0 Å². The van der Waals surface area contributed by atoms with Gasteiger partial charge in [-0.25, -0.2) is 4.79 Å². The molecular weight excluding hydrogens is 264 g/mol. The van der Waals surface area contributed by atoms with Crippen LogP contribution in [0.3, 0.4) is 0 Å². The van der Waals surface area contributed by atoms with Gasteiger partial charge in [-0.15, -0.1) is 0 Å². The summed E-state index contributed by atoms with van der Waals surface area (Å²) in [5, 5.41) is 9.87. The lowest BCUT2D eigenvalue weighted by Crippen LogP contribution is -2.10. The molecule has 1 unspecified atom stereocenters. The van der Waals surface area contributed by atoms with Crippen LogP contribution in [0.5, 0.6) is 0 Å². The van der Waals surface area contributed by atoms with Gasteiger partial charge in [-0.2, -0.15) is 0 Å². The molecule has 0 saturated heterocycles. The molecule has 0 spiro atoms. The molecule has 1 aliphatic rings. The Balaban J connectivity index is 2.06. The third-order valence-corrected chi connectivity index (χ3v) is 3.41. The van der Waals surface area contributed by atoms with Crippen LogP contribution in [0.15, 0.2) is 41.7 Å². The van der Waals surface area contributed by atoms with E-state index in [1.165, 1.54) is 0 Å². The highest BCUT2D eigenvalue weighted by atomic mass is 16.6. The predicted molar refractivity (Wildman–Crippen MR) is 81.6 cm³/mol. The van der Waals surface area contributed by atoms with Gasteiger partial charge in [0, 0.05) is 18.4 Å². The molecule has 0 aliphatic carbocycles. The van der Waals surface area contributed by atoms with Crippen LogP contribution in [0, 0.1) is 11.8 Å². The Labute approximate surface area is 125 Å². The van der Waals surface area contributed by atoms with E-state index in [1.807, 2.05) is 30.3 Å². The van der Waals surface area contributed by atoms with E-state index in [-0.39, 0.29) is 5.76 Å². The van der Waals surface area contributed by atoms with Crippen molar-refractivity contribution in [1.82, 2.24) is 0 Å². The second-order valence-electron chi connectivity index (χ2n) is 5.10. The standard InChI is InChI=1S/C18H20O3/c1-2-3-4-5-9-12-16-15(17(19)18(20)21-16)13-14-10-7-6-8-11-14/h6-8,10-11,16,19H,2-5,13H2,1H3. The van der Waals surface area contributed by atoms with Crippen molar-refractivity contribution < 1.29 is 14.6 Å². The smallest absolute Gasteiger partial charge is 0.375 e. The molecule has 21 heavy (non-hydrogen) atoms. The zero-order valence-electron chi connectivity index (χ0n) is 12.3. The molecule has 1 atom stereocenters. The lowest BCUT2D eigenvalue weighted by atomic mass is 10.0. The van der Waals surface area contributed by atoms with Crippen LogP contribution in [0.4, 0.5) is 0 Å². The van der Waals surface area contributed by atoms with Gasteiger partial charge in [0.05, 0.1) is 0 Å². The summed E-state index contributed by atoms with van der Waals surface area (Å²) in [4.78, 5) is 11.5. The van der Waals surface area contributed by atoms with Gasteiger partial charge >= 0.3 is 5.97 Å². The summed E-state index contributed by atoms with van der Waals surface area (Å²) in [5.74, 6) is 5.05. The Morgan fingerprint density at radius 1 is 1.24 bits per heavy atom. The Bertz CT molecular complexity index is 575. The van der Waals surface area contributed by atoms with Crippen LogP contribution >= 0.6 is 0 Å². The Morgan fingerprint density at radius 2 is 2.00 bits per heavy atom. The number of unbranched alkanes of at least 4 members (excludes halogenated alkanes) is 3. The first kappa shape index (κ1) is 15.2. The van der Waals surface area contributed by atoms with Gasteiger partial charge in [-0.05, 0) is 12.0 Å². The molecule has 0 bridgehead atoms. The van der Waals surface area contributed by atoms with Gasteiger partial charge in [-0.1, -0.05) is 61.9 Å². The van der Waals surface area contributed by atoms with Crippen molar-refractivity contribution in [2.45, 2.75) is 45.1 Å². The van der Waals surface area contributed by atoms with E-state index in [9.17, 15) is 9.90 Å². The molecule has 1 aromatic carbocycles. The maximum absolute atomic E-state index is 11.5. The average molecular weight is 284 g/mol. The number of carbonyl (C=O) groups excluding carboxylic acids is 1. The second kappa shape index (κ2) is 7.54. The topological polar surface area (TPSA) is 46.5 Å². The maximum atomic E-state index is 11.5. The number of benzene rings is 1. The number of hydrogen-bond donors (Lipinski definition) is 1. The van der Waals surface area contributed by atoms with Crippen molar-refractivity contribution >= 4 is 5.97 Å². The summed E-state index contributed by atoms with van der Waals surface area (Å²) in [5.41, 5.74) is 1.59. The molecule has 110 valence electrons. The molecular formula is C18H20O3. The van der Waals surface area contributed by atoms with Crippen LogP contribution in [-0.4, -0.2) is 17.2 Å². The van der Waals surface area contributed by atoms with Crippen molar-refractivity contribution in [1.29, 1.82) is 0 Å². The summed E-state index contributed by atoms with van der Waals surface area (Å²) in [7, 11) is 0. The molecule has 1 N–H and O–H groups in total. The first-order valence-electron chi connectivity index (χ1n) is 7.37. The van der Waals surface area contributed by atoms with E-state index in [4.69, 9.17) is 4.74 Å². The van der Waals surface area contributed by atoms with Crippen molar-refractivity contribution in [3.63, 3.8) is 0 Å². The van der Waals surface area contributed by atoms with E-state index in [2.05, 4.69) is 18.8 Å². The molecule has 3 nitrogen and oxygen atoms in total. The summed E-state index contributed by atoms with van der Waals surface area (Å²) in [6, 6.07) is 9.69. The minimum Gasteiger partial charge on any atom is -0.502 e. The highest BCUT2D eigenvalue weighted by molar-refractivity contribution is 5.90. The molecule has 2 rings (SSSR count). The number of rotatable bonds is 5. The molecule has 1 heterocycles. The fraction of sp³-hybridized carbons (Fsp3) is 0.389. The summed E-state index contributed by atoms with van der Waals surface area (Å²) < 4.78 is 5.13. The van der Waals surface area contributed by atoms with Gasteiger partial charge in [-0.3, -0.25) is 0 Å². The monoisotopic (exact) mass is 284 g/mol. The normalized spacial score (nSPS) is 17.4. The van der Waals surface area contributed by atoms with E-state index in [0.29, 0.717) is 12.0 Å². The van der Waals surface area contributed by atoms with Crippen LogP contribution in [0.1, 0.15) is 38.2 Å². The molecule has 0 saturated carbocycles. The number of carbonyl (C=O) groups is 1. The van der Waals surface area contributed by atoms with Crippen molar-refractivity contribution in [3.8, 4) is 11.8 Å². The molecule has 3 heteroatoms. The summed E-state index contributed by atoms with van der Waals surface area (Å²) in [6.45, 7) is 2.14. The largest absolute Gasteiger partial charge is 0.502 e. The highest BCUT2D eigenvalue weighted by Crippen LogP contribution is 2.24. The number of ether oxygens (including phenoxy) is 1. The molecule has 0 aromatic heterocycles. The quantitative estimate of drug-likeness (QED) is 0.511. The number of esters is 1. The SMILES string of the molecule is CCCCCC#CC1OC(=O)C(O)=C1Cc1ccccc1. The lowest BCUT2D eigenvalue weighted by Gasteiger charge is -2.07. The van der Waals surface area contributed by atoms with Crippen molar-refractivity contribution in [2.75, 3.05) is 0 Å². The molecule has 1 aliphatic heterocycles. The predicted octanol–water partition coefficient (Wildman–Crippen LogP) is 3.55. The minimum atomic E-state index is -0.672. The van der Waals surface area contributed by atoms with Gasteiger partial charge in [0.1, 0.15) is 0 Å². The third-order valence-electron chi connectivity index (χ3n) is 3.41. The number of cyclic esters (lactones) is 1. The van der Waals surface area contributed by atoms with Gasteiger partial charge in [0.15, 0.2) is 6.10 Å². The fourth-order valence-electron chi connectivity index (χ4n) is 2.23. The maximum Gasteiger partial charge on any atom is 0.375 e. The molecule has 0 radical (unpaired) electrons.